The van der Waals surface area contributed by atoms with E-state index in [2.05, 4.69) is 9.97 Å². The Morgan fingerprint density at radius 2 is 2.38 bits per heavy atom. The second kappa shape index (κ2) is 4.26. The van der Waals surface area contributed by atoms with Crippen molar-refractivity contribution >= 4 is 0 Å². The van der Waals surface area contributed by atoms with Crippen LogP contribution in [0.15, 0.2) is 6.20 Å². The van der Waals surface area contributed by atoms with Crippen LogP contribution < -0.4 is 9.47 Å². The first kappa shape index (κ1) is 9.26. The Bertz CT molecular complexity index is 333. The summed E-state index contributed by atoms with van der Waals surface area (Å²) in [6, 6.07) is 1.88. The number of hydrogen-bond donors (Lipinski definition) is 0. The highest BCUT2D eigenvalue weighted by Crippen LogP contribution is 2.15. The summed E-state index contributed by atoms with van der Waals surface area (Å²) in [7, 11) is 1.48. The zero-order chi connectivity index (χ0) is 9.68. The molecule has 1 heterocycles. The smallest absolute Gasteiger partial charge is 0.254 e. The minimum atomic E-state index is 0.169. The number of methoxy groups -OCH3 is 1. The molecule has 0 aliphatic heterocycles. The van der Waals surface area contributed by atoms with Crippen molar-refractivity contribution in [3.63, 3.8) is 0 Å². The van der Waals surface area contributed by atoms with Crippen LogP contribution in [0.5, 0.6) is 11.8 Å². The largest absolute Gasteiger partial charge is 0.480 e. The first-order valence-electron chi connectivity index (χ1n) is 3.75. The lowest BCUT2D eigenvalue weighted by molar-refractivity contribution is 0.312. The minimum Gasteiger partial charge on any atom is -0.480 e. The van der Waals surface area contributed by atoms with Crippen molar-refractivity contribution in [3.8, 4) is 17.8 Å². The maximum atomic E-state index is 8.64. The van der Waals surface area contributed by atoms with E-state index in [1.165, 1.54) is 13.3 Å². The number of hydrogen-bond acceptors (Lipinski definition) is 5. The van der Waals surface area contributed by atoms with E-state index in [-0.39, 0.29) is 11.6 Å². The molecule has 0 amide bonds. The fourth-order valence-corrected chi connectivity index (χ4v) is 0.769. The lowest BCUT2D eigenvalue weighted by Gasteiger charge is -2.04. The molecule has 0 fully saturated rings. The topological polar surface area (TPSA) is 68.0 Å². The van der Waals surface area contributed by atoms with Crippen LogP contribution in [-0.2, 0) is 0 Å². The van der Waals surface area contributed by atoms with Gasteiger partial charge in [-0.2, -0.15) is 10.2 Å². The molecule has 1 rings (SSSR count). The SMILES string of the molecule is CCOc1nc(OC)cnc1C#N. The van der Waals surface area contributed by atoms with Gasteiger partial charge >= 0.3 is 0 Å². The monoisotopic (exact) mass is 179 g/mol. The van der Waals surface area contributed by atoms with Gasteiger partial charge in [0.2, 0.25) is 11.6 Å². The van der Waals surface area contributed by atoms with Gasteiger partial charge in [-0.25, -0.2) is 4.98 Å². The molecule has 0 spiro atoms. The normalized spacial score (nSPS) is 9.00. The molecule has 0 aliphatic rings. The van der Waals surface area contributed by atoms with E-state index in [1.807, 2.05) is 13.0 Å². The Morgan fingerprint density at radius 3 is 2.92 bits per heavy atom. The predicted octanol–water partition coefficient (Wildman–Crippen LogP) is 0.756. The van der Waals surface area contributed by atoms with E-state index in [9.17, 15) is 0 Å². The lowest BCUT2D eigenvalue weighted by atomic mass is 10.4. The summed E-state index contributed by atoms with van der Waals surface area (Å²) in [6.45, 7) is 2.25. The molecule has 13 heavy (non-hydrogen) atoms. The van der Waals surface area contributed by atoms with Crippen molar-refractivity contribution in [1.82, 2.24) is 9.97 Å². The van der Waals surface area contributed by atoms with Crippen LogP contribution in [0.25, 0.3) is 0 Å². The third-order valence-corrected chi connectivity index (χ3v) is 1.31. The summed E-state index contributed by atoms with van der Waals surface area (Å²) in [5.41, 5.74) is 0.169. The van der Waals surface area contributed by atoms with Gasteiger partial charge in [-0.15, -0.1) is 0 Å². The second-order valence-corrected chi connectivity index (χ2v) is 2.11. The number of ether oxygens (including phenoxy) is 2. The van der Waals surface area contributed by atoms with Crippen LogP contribution in [0.2, 0.25) is 0 Å². The van der Waals surface area contributed by atoms with Crippen molar-refractivity contribution in [1.29, 1.82) is 5.26 Å². The van der Waals surface area contributed by atoms with Crippen LogP contribution in [0.3, 0.4) is 0 Å². The van der Waals surface area contributed by atoms with Gasteiger partial charge in [0, 0.05) is 0 Å². The second-order valence-electron chi connectivity index (χ2n) is 2.11. The van der Waals surface area contributed by atoms with Crippen molar-refractivity contribution in [2.45, 2.75) is 6.92 Å². The van der Waals surface area contributed by atoms with Gasteiger partial charge in [0.15, 0.2) is 0 Å². The quantitative estimate of drug-likeness (QED) is 0.685. The number of nitrogens with zero attached hydrogens (tertiary/aromatic N) is 3. The molecule has 0 radical (unpaired) electrons. The van der Waals surface area contributed by atoms with Crippen molar-refractivity contribution in [2.75, 3.05) is 13.7 Å². The first-order chi connectivity index (χ1) is 6.31. The zero-order valence-electron chi connectivity index (χ0n) is 7.44. The molecule has 0 atom stereocenters. The number of aromatic nitrogens is 2. The van der Waals surface area contributed by atoms with E-state index in [0.717, 1.165) is 0 Å². The molecule has 0 bridgehead atoms. The van der Waals surface area contributed by atoms with Gasteiger partial charge in [0.1, 0.15) is 6.07 Å². The van der Waals surface area contributed by atoms with Gasteiger partial charge in [-0.05, 0) is 6.92 Å². The zero-order valence-corrected chi connectivity index (χ0v) is 7.44. The molecule has 5 nitrogen and oxygen atoms in total. The minimum absolute atomic E-state index is 0.169. The molecule has 0 unspecified atom stereocenters. The van der Waals surface area contributed by atoms with E-state index in [1.54, 1.807) is 0 Å². The fraction of sp³-hybridized carbons (Fsp3) is 0.375. The highest BCUT2D eigenvalue weighted by molar-refractivity contribution is 5.32. The van der Waals surface area contributed by atoms with Gasteiger partial charge < -0.3 is 9.47 Å². The van der Waals surface area contributed by atoms with Gasteiger partial charge in [0.05, 0.1) is 19.9 Å². The third kappa shape index (κ3) is 2.06. The maximum absolute atomic E-state index is 8.64. The van der Waals surface area contributed by atoms with Crippen molar-refractivity contribution in [2.24, 2.45) is 0 Å². The molecule has 68 valence electrons. The molecule has 5 heteroatoms. The number of nitriles is 1. The molecule has 0 aliphatic carbocycles. The van der Waals surface area contributed by atoms with E-state index in [4.69, 9.17) is 14.7 Å². The molecule has 1 aromatic rings. The van der Waals surface area contributed by atoms with Gasteiger partial charge in [-0.1, -0.05) is 0 Å². The highest BCUT2D eigenvalue weighted by Gasteiger charge is 2.07. The molecule has 0 saturated heterocycles. The van der Waals surface area contributed by atoms with E-state index < -0.39 is 0 Å². The summed E-state index contributed by atoms with van der Waals surface area (Å²) in [5, 5.41) is 8.64. The van der Waals surface area contributed by atoms with Crippen LogP contribution >= 0.6 is 0 Å². The summed E-state index contributed by atoms with van der Waals surface area (Å²) >= 11 is 0. The maximum Gasteiger partial charge on any atom is 0.254 e. The summed E-state index contributed by atoms with van der Waals surface area (Å²) in [4.78, 5) is 7.74. The Balaban J connectivity index is 3.04. The molecular weight excluding hydrogens is 170 g/mol. The average Bonchev–Trinajstić information content (AvgIpc) is 2.18. The van der Waals surface area contributed by atoms with E-state index in [0.29, 0.717) is 12.5 Å². The lowest BCUT2D eigenvalue weighted by Crippen LogP contribution is -2.00. The molecule has 0 aromatic carbocycles. The Labute approximate surface area is 76.0 Å². The summed E-state index contributed by atoms with van der Waals surface area (Å²) in [5.74, 6) is 0.548. The van der Waals surface area contributed by atoms with Crippen LogP contribution in [0.1, 0.15) is 12.6 Å². The number of rotatable bonds is 3. The molecule has 1 aromatic heterocycles. The van der Waals surface area contributed by atoms with Gasteiger partial charge in [0.25, 0.3) is 5.88 Å². The predicted molar refractivity (Wildman–Crippen MR) is 44.5 cm³/mol. The molecule has 0 saturated carbocycles. The van der Waals surface area contributed by atoms with Crippen molar-refractivity contribution < 1.29 is 9.47 Å². The van der Waals surface area contributed by atoms with Crippen LogP contribution in [0, 0.1) is 11.3 Å². The fourth-order valence-electron chi connectivity index (χ4n) is 0.769. The third-order valence-electron chi connectivity index (χ3n) is 1.31. The van der Waals surface area contributed by atoms with Crippen LogP contribution in [0.4, 0.5) is 0 Å². The summed E-state index contributed by atoms with van der Waals surface area (Å²) < 4.78 is 9.93. The summed E-state index contributed by atoms with van der Waals surface area (Å²) in [6.07, 6.45) is 1.38. The highest BCUT2D eigenvalue weighted by atomic mass is 16.5. The van der Waals surface area contributed by atoms with E-state index >= 15 is 0 Å². The van der Waals surface area contributed by atoms with Crippen molar-refractivity contribution in [3.05, 3.63) is 11.9 Å². The van der Waals surface area contributed by atoms with Gasteiger partial charge in [-0.3, -0.25) is 0 Å². The Morgan fingerprint density at radius 1 is 1.62 bits per heavy atom. The Hall–Kier alpha value is -1.83. The average molecular weight is 179 g/mol. The Kier molecular flexibility index (Phi) is 3.03. The molecular formula is C8H9N3O2. The first-order valence-corrected chi connectivity index (χ1v) is 3.75. The standard InChI is InChI=1S/C8H9N3O2/c1-3-13-8-6(4-9)10-5-7(11-8)12-2/h5H,3H2,1-2H3. The van der Waals surface area contributed by atoms with Crippen LogP contribution in [-0.4, -0.2) is 23.7 Å². The molecule has 0 N–H and O–H groups in total.